The first kappa shape index (κ1) is 14.9. The summed E-state index contributed by atoms with van der Waals surface area (Å²) in [6.45, 7) is 0. The molecule has 0 aliphatic heterocycles. The molecule has 0 spiro atoms. The van der Waals surface area contributed by atoms with E-state index in [2.05, 4.69) is 4.74 Å². The SMILES string of the molecule is N#CCc1cc(C(F)(F)F)c(=O)[nH]c1OC(F)(F)F. The van der Waals surface area contributed by atoms with Gasteiger partial charge in [-0.1, -0.05) is 0 Å². The van der Waals surface area contributed by atoms with E-state index in [4.69, 9.17) is 5.26 Å². The first-order valence-corrected chi connectivity index (χ1v) is 4.50. The minimum Gasteiger partial charge on any atom is -0.389 e. The maximum Gasteiger partial charge on any atom is 0.574 e. The van der Waals surface area contributed by atoms with Gasteiger partial charge in [0, 0.05) is 5.56 Å². The zero-order valence-corrected chi connectivity index (χ0v) is 8.82. The fourth-order valence-corrected chi connectivity index (χ4v) is 1.19. The highest BCUT2D eigenvalue weighted by Crippen LogP contribution is 2.30. The minimum absolute atomic E-state index is 0.156. The smallest absolute Gasteiger partial charge is 0.389 e. The Kier molecular flexibility index (Phi) is 3.78. The van der Waals surface area contributed by atoms with Crippen molar-refractivity contribution in [2.75, 3.05) is 0 Å². The summed E-state index contributed by atoms with van der Waals surface area (Å²) in [5.74, 6) is -1.23. The minimum atomic E-state index is -5.20. The largest absolute Gasteiger partial charge is 0.574 e. The maximum absolute atomic E-state index is 12.4. The molecule has 0 aliphatic rings. The average molecular weight is 286 g/mol. The predicted octanol–water partition coefficient (Wildman–Crippen LogP) is 2.36. The van der Waals surface area contributed by atoms with Gasteiger partial charge in [-0.3, -0.25) is 9.78 Å². The number of halogens is 6. The molecule has 1 N–H and O–H groups in total. The average Bonchev–Trinajstić information content (AvgIpc) is 2.17. The summed E-state index contributed by atoms with van der Waals surface area (Å²) in [6, 6.07) is 1.53. The van der Waals surface area contributed by atoms with Gasteiger partial charge < -0.3 is 4.74 Å². The molecule has 1 aromatic rings. The number of H-pyrrole nitrogens is 1. The van der Waals surface area contributed by atoms with Crippen molar-refractivity contribution in [3.63, 3.8) is 0 Å². The van der Waals surface area contributed by atoms with Crippen LogP contribution in [0.1, 0.15) is 11.1 Å². The van der Waals surface area contributed by atoms with Crippen molar-refractivity contribution >= 4 is 0 Å². The molecule has 0 fully saturated rings. The number of aromatic nitrogens is 1. The second-order valence-corrected chi connectivity index (χ2v) is 3.25. The van der Waals surface area contributed by atoms with Crippen molar-refractivity contribution in [2.24, 2.45) is 0 Å². The molecule has 0 unspecified atom stereocenters. The van der Waals surface area contributed by atoms with Gasteiger partial charge in [-0.2, -0.15) is 18.4 Å². The van der Waals surface area contributed by atoms with E-state index < -0.39 is 41.5 Å². The van der Waals surface area contributed by atoms with Crippen LogP contribution < -0.4 is 10.3 Å². The molecule has 4 nitrogen and oxygen atoms in total. The molecule has 0 amide bonds. The fraction of sp³-hybridized carbons (Fsp3) is 0.333. The molecule has 0 aliphatic carbocycles. The second-order valence-electron chi connectivity index (χ2n) is 3.25. The molecule has 10 heteroatoms. The first-order chi connectivity index (χ1) is 8.54. The van der Waals surface area contributed by atoms with Crippen LogP contribution in [0.5, 0.6) is 5.88 Å². The van der Waals surface area contributed by atoms with E-state index >= 15 is 0 Å². The summed E-state index contributed by atoms with van der Waals surface area (Å²) in [5, 5.41) is 8.35. The molecule has 0 atom stereocenters. The van der Waals surface area contributed by atoms with Crippen molar-refractivity contribution in [3.8, 4) is 11.9 Å². The van der Waals surface area contributed by atoms with Crippen molar-refractivity contribution in [3.05, 3.63) is 27.5 Å². The molecule has 0 saturated heterocycles. The van der Waals surface area contributed by atoms with Gasteiger partial charge in [-0.05, 0) is 6.07 Å². The molecule has 0 radical (unpaired) electrons. The van der Waals surface area contributed by atoms with E-state index in [0.717, 1.165) is 0 Å². The van der Waals surface area contributed by atoms with Gasteiger partial charge in [0.1, 0.15) is 5.56 Å². The molecule has 1 rings (SSSR count). The summed E-state index contributed by atoms with van der Waals surface area (Å²) in [4.78, 5) is 12.3. The number of hydrogen-bond acceptors (Lipinski definition) is 3. The molecule has 0 aromatic carbocycles. The van der Waals surface area contributed by atoms with Crippen molar-refractivity contribution < 1.29 is 31.1 Å². The summed E-state index contributed by atoms with van der Waals surface area (Å²) in [7, 11) is 0. The van der Waals surface area contributed by atoms with Crippen LogP contribution in [0.4, 0.5) is 26.3 Å². The van der Waals surface area contributed by atoms with Crippen LogP contribution >= 0.6 is 0 Å². The zero-order chi connectivity index (χ0) is 14.8. The Balaban J connectivity index is 3.39. The van der Waals surface area contributed by atoms with Crippen LogP contribution in [0.15, 0.2) is 10.9 Å². The maximum atomic E-state index is 12.4. The molecule has 19 heavy (non-hydrogen) atoms. The lowest BCUT2D eigenvalue weighted by molar-refractivity contribution is -0.276. The number of hydrogen-bond donors (Lipinski definition) is 1. The Labute approximate surface area is 101 Å². The van der Waals surface area contributed by atoms with Crippen molar-refractivity contribution in [2.45, 2.75) is 19.0 Å². The number of alkyl halides is 6. The molecular formula is C9H4F6N2O2. The molecule has 1 heterocycles. The van der Waals surface area contributed by atoms with Crippen molar-refractivity contribution in [1.82, 2.24) is 4.98 Å². The van der Waals surface area contributed by atoms with E-state index in [9.17, 15) is 31.1 Å². The fourth-order valence-electron chi connectivity index (χ4n) is 1.19. The van der Waals surface area contributed by atoms with Crippen LogP contribution in [-0.2, 0) is 12.6 Å². The lowest BCUT2D eigenvalue weighted by Gasteiger charge is -2.13. The normalized spacial score (nSPS) is 12.1. The second kappa shape index (κ2) is 4.83. The molecule has 1 aromatic heterocycles. The summed E-state index contributed by atoms with van der Waals surface area (Å²) in [5.41, 5.74) is -4.20. The van der Waals surface area contributed by atoms with Gasteiger partial charge in [0.25, 0.3) is 5.56 Å². The van der Waals surface area contributed by atoms with Crippen LogP contribution in [0, 0.1) is 11.3 Å². The lowest BCUT2D eigenvalue weighted by Crippen LogP contribution is -2.26. The molecule has 104 valence electrons. The number of rotatable bonds is 2. The Morgan fingerprint density at radius 3 is 2.26 bits per heavy atom. The predicted molar refractivity (Wildman–Crippen MR) is 48.1 cm³/mol. The third-order valence-corrected chi connectivity index (χ3v) is 1.87. The van der Waals surface area contributed by atoms with E-state index in [0.29, 0.717) is 0 Å². The van der Waals surface area contributed by atoms with Crippen LogP contribution in [0.2, 0.25) is 0 Å². The van der Waals surface area contributed by atoms with Crippen LogP contribution in [0.3, 0.4) is 0 Å². The van der Waals surface area contributed by atoms with E-state index in [-0.39, 0.29) is 6.07 Å². The third-order valence-electron chi connectivity index (χ3n) is 1.87. The summed E-state index contributed by atoms with van der Waals surface area (Å²) >= 11 is 0. The van der Waals surface area contributed by atoms with Crippen molar-refractivity contribution in [1.29, 1.82) is 5.26 Å². The van der Waals surface area contributed by atoms with Crippen LogP contribution in [0.25, 0.3) is 0 Å². The Morgan fingerprint density at radius 2 is 1.84 bits per heavy atom. The highest BCUT2D eigenvalue weighted by molar-refractivity contribution is 5.33. The van der Waals surface area contributed by atoms with Gasteiger partial charge in [-0.25, -0.2) is 0 Å². The van der Waals surface area contributed by atoms with Gasteiger partial charge in [0.05, 0.1) is 12.5 Å². The van der Waals surface area contributed by atoms with E-state index in [1.165, 1.54) is 11.1 Å². The zero-order valence-electron chi connectivity index (χ0n) is 8.82. The number of pyridine rings is 1. The quantitative estimate of drug-likeness (QED) is 0.849. The highest BCUT2D eigenvalue weighted by atomic mass is 19.4. The van der Waals surface area contributed by atoms with E-state index in [1.54, 1.807) is 0 Å². The number of nitrogens with one attached hydrogen (secondary N) is 1. The number of ether oxygens (including phenoxy) is 1. The number of aromatic amines is 1. The summed E-state index contributed by atoms with van der Waals surface area (Å²) < 4.78 is 76.4. The van der Waals surface area contributed by atoms with Gasteiger partial charge in [-0.15, -0.1) is 13.2 Å². The monoisotopic (exact) mass is 286 g/mol. The third kappa shape index (κ3) is 3.90. The Morgan fingerprint density at radius 1 is 1.26 bits per heavy atom. The lowest BCUT2D eigenvalue weighted by atomic mass is 10.1. The number of nitriles is 1. The molecule has 0 bridgehead atoms. The first-order valence-electron chi connectivity index (χ1n) is 4.50. The van der Waals surface area contributed by atoms with E-state index in [1.807, 2.05) is 0 Å². The Hall–Kier alpha value is -2.18. The van der Waals surface area contributed by atoms with Gasteiger partial charge >= 0.3 is 12.5 Å². The topological polar surface area (TPSA) is 65.9 Å². The standard InChI is InChI=1S/C9H4F6N2O2/c10-8(11,12)5-3-4(1-2-16)7(17-6(5)18)19-9(13,14)15/h3H,1H2,(H,17,18). The van der Waals surface area contributed by atoms with Gasteiger partial charge in [0.15, 0.2) is 0 Å². The summed E-state index contributed by atoms with van der Waals surface area (Å²) in [6.07, 6.45) is -11.0. The van der Waals surface area contributed by atoms with Gasteiger partial charge in [0.2, 0.25) is 5.88 Å². The number of nitrogens with zero attached hydrogens (tertiary/aromatic N) is 1. The molecule has 0 saturated carbocycles. The Bertz CT molecular complexity index is 566. The highest BCUT2D eigenvalue weighted by Gasteiger charge is 2.37. The molecular weight excluding hydrogens is 282 g/mol. The van der Waals surface area contributed by atoms with Crippen LogP contribution in [-0.4, -0.2) is 11.3 Å².